The molecule has 12 heavy (non-hydrogen) atoms. The summed E-state index contributed by atoms with van der Waals surface area (Å²) in [6, 6.07) is 10.6. The molecule has 0 unspecified atom stereocenters. The van der Waals surface area contributed by atoms with Crippen molar-refractivity contribution in [1.29, 1.82) is 0 Å². The predicted molar refractivity (Wildman–Crippen MR) is 48.2 cm³/mol. The van der Waals surface area contributed by atoms with Crippen LogP contribution in [0.2, 0.25) is 0 Å². The Morgan fingerprint density at radius 2 is 1.50 bits per heavy atom. The van der Waals surface area contributed by atoms with Gasteiger partial charge in [-0.2, -0.15) is 0 Å². The van der Waals surface area contributed by atoms with E-state index in [4.69, 9.17) is 0 Å². The summed E-state index contributed by atoms with van der Waals surface area (Å²) in [5.74, 6) is 0. The Morgan fingerprint density at radius 3 is 1.92 bits per heavy atom. The van der Waals surface area contributed by atoms with Crippen LogP contribution in [0.25, 0.3) is 0 Å². The predicted octanol–water partition coefficient (Wildman–Crippen LogP) is -1.10. The molecule has 0 amide bonds. The average molecular weight is 230 g/mol. The van der Waals surface area contributed by atoms with Crippen LogP contribution < -0.4 is 17.0 Å². The largest absolute Gasteiger partial charge is 1.00 e. The van der Waals surface area contributed by atoms with E-state index in [0.717, 1.165) is 11.0 Å². The summed E-state index contributed by atoms with van der Waals surface area (Å²) in [4.78, 5) is 0. The molecule has 0 aromatic heterocycles. The van der Waals surface area contributed by atoms with Gasteiger partial charge in [0.1, 0.15) is 6.54 Å². The van der Waals surface area contributed by atoms with E-state index in [9.17, 15) is 0 Å². The normalized spacial score (nSPS) is 10.6. The van der Waals surface area contributed by atoms with Gasteiger partial charge in [-0.05, 0) is 0 Å². The molecule has 0 N–H and O–H groups in total. The summed E-state index contributed by atoms with van der Waals surface area (Å²) in [5, 5.41) is 0. The highest BCUT2D eigenvalue weighted by atomic mass is 79.9. The van der Waals surface area contributed by atoms with Crippen molar-refractivity contribution in [2.75, 3.05) is 21.1 Å². The lowest BCUT2D eigenvalue weighted by molar-refractivity contribution is -0.884. The molecule has 0 heterocycles. The van der Waals surface area contributed by atoms with Crippen molar-refractivity contribution in [3.05, 3.63) is 35.9 Å². The van der Waals surface area contributed by atoms with Crippen LogP contribution in [0.1, 0.15) is 5.56 Å². The van der Waals surface area contributed by atoms with Crippen LogP contribution in [0.3, 0.4) is 0 Å². The quantitative estimate of drug-likeness (QED) is 0.566. The smallest absolute Gasteiger partial charge is 0.104 e. The Morgan fingerprint density at radius 1 is 1.00 bits per heavy atom. The van der Waals surface area contributed by atoms with E-state index < -0.39 is 0 Å². The summed E-state index contributed by atoms with van der Waals surface area (Å²) in [7, 11) is 6.60. The van der Waals surface area contributed by atoms with E-state index in [0.29, 0.717) is 0 Å². The zero-order valence-electron chi connectivity index (χ0n) is 7.92. The number of benzene rings is 1. The van der Waals surface area contributed by atoms with Crippen molar-refractivity contribution in [3.63, 3.8) is 0 Å². The third kappa shape index (κ3) is 4.52. The molecule has 0 fully saturated rings. The van der Waals surface area contributed by atoms with E-state index in [2.05, 4.69) is 51.5 Å². The topological polar surface area (TPSA) is 0 Å². The van der Waals surface area contributed by atoms with Gasteiger partial charge in [0.2, 0.25) is 0 Å². The molecule has 0 bridgehead atoms. The van der Waals surface area contributed by atoms with Gasteiger partial charge in [0.05, 0.1) is 21.1 Å². The molecule has 0 radical (unpaired) electrons. The minimum Gasteiger partial charge on any atom is -1.00 e. The molecule has 0 atom stereocenters. The van der Waals surface area contributed by atoms with Crippen LogP contribution in [0.15, 0.2) is 30.3 Å². The van der Waals surface area contributed by atoms with Crippen LogP contribution >= 0.6 is 0 Å². The molecule has 0 spiro atoms. The van der Waals surface area contributed by atoms with Crippen molar-refractivity contribution >= 4 is 0 Å². The van der Waals surface area contributed by atoms with Gasteiger partial charge < -0.3 is 21.5 Å². The number of hydrogen-bond donors (Lipinski definition) is 0. The Bertz CT molecular complexity index is 213. The van der Waals surface area contributed by atoms with Crippen LogP contribution in [0, 0.1) is 0 Å². The highest BCUT2D eigenvalue weighted by Gasteiger charge is 2.06. The minimum absolute atomic E-state index is 0. The molecule has 0 aliphatic rings. The van der Waals surface area contributed by atoms with E-state index in [1.165, 1.54) is 5.56 Å². The average Bonchev–Trinajstić information content (AvgIpc) is 1.85. The van der Waals surface area contributed by atoms with Gasteiger partial charge in [-0.15, -0.1) is 0 Å². The van der Waals surface area contributed by atoms with Crippen molar-refractivity contribution < 1.29 is 21.5 Å². The molecule has 1 aromatic rings. The number of hydrogen-bond acceptors (Lipinski definition) is 0. The summed E-state index contributed by atoms with van der Waals surface area (Å²) in [6.07, 6.45) is 0. The van der Waals surface area contributed by atoms with E-state index >= 15 is 0 Å². The maximum atomic E-state index is 2.20. The van der Waals surface area contributed by atoms with Crippen molar-refractivity contribution in [2.45, 2.75) is 6.54 Å². The lowest BCUT2D eigenvalue weighted by atomic mass is 10.2. The maximum absolute atomic E-state index is 2.20. The molecule has 2 heteroatoms. The molecule has 68 valence electrons. The third-order valence-corrected chi connectivity index (χ3v) is 1.50. The molecule has 1 rings (SSSR count). The molecular weight excluding hydrogens is 214 g/mol. The number of nitrogens with zero attached hydrogens (tertiary/aromatic N) is 1. The van der Waals surface area contributed by atoms with E-state index in [-0.39, 0.29) is 17.0 Å². The highest BCUT2D eigenvalue weighted by Crippen LogP contribution is 2.04. The fourth-order valence-corrected chi connectivity index (χ4v) is 1.13. The van der Waals surface area contributed by atoms with Gasteiger partial charge in [-0.25, -0.2) is 0 Å². The first-order chi connectivity index (χ1) is 5.08. The number of rotatable bonds is 2. The lowest BCUT2D eigenvalue weighted by Crippen LogP contribution is -3.00. The fraction of sp³-hybridized carbons (Fsp3) is 0.400. The number of halogens is 1. The summed E-state index contributed by atoms with van der Waals surface area (Å²) in [5.41, 5.74) is 1.40. The molecule has 0 saturated carbocycles. The van der Waals surface area contributed by atoms with Crippen LogP contribution in [0.4, 0.5) is 0 Å². The summed E-state index contributed by atoms with van der Waals surface area (Å²) >= 11 is 0. The number of quaternary nitrogens is 1. The molecule has 0 aliphatic heterocycles. The first-order valence-corrected chi connectivity index (χ1v) is 3.92. The highest BCUT2D eigenvalue weighted by molar-refractivity contribution is 5.13. The van der Waals surface area contributed by atoms with Gasteiger partial charge >= 0.3 is 0 Å². The van der Waals surface area contributed by atoms with Crippen LogP contribution in [-0.2, 0) is 6.54 Å². The van der Waals surface area contributed by atoms with Gasteiger partial charge in [-0.3, -0.25) is 0 Å². The van der Waals surface area contributed by atoms with E-state index in [1.54, 1.807) is 0 Å². The molecular formula is C10H16BrN. The maximum Gasteiger partial charge on any atom is 0.104 e. The molecule has 0 saturated heterocycles. The van der Waals surface area contributed by atoms with Crippen LogP contribution in [-0.4, -0.2) is 25.6 Å². The zero-order valence-corrected chi connectivity index (χ0v) is 9.51. The second-order valence-corrected chi connectivity index (χ2v) is 3.93. The Labute approximate surface area is 85.4 Å². The fourth-order valence-electron chi connectivity index (χ4n) is 1.13. The second kappa shape index (κ2) is 4.63. The molecule has 1 aromatic carbocycles. The zero-order chi connectivity index (χ0) is 8.32. The Hall–Kier alpha value is -0.340. The Balaban J connectivity index is 0.00000121. The SMILES string of the molecule is C[N+](C)(C)Cc1ccccc1.[Br-]. The van der Waals surface area contributed by atoms with Crippen LogP contribution in [0.5, 0.6) is 0 Å². The lowest BCUT2D eigenvalue weighted by Gasteiger charge is -2.23. The van der Waals surface area contributed by atoms with Gasteiger partial charge in [-0.1, -0.05) is 30.3 Å². The van der Waals surface area contributed by atoms with E-state index in [1.807, 2.05) is 0 Å². The molecule has 0 aliphatic carbocycles. The van der Waals surface area contributed by atoms with Gasteiger partial charge in [0, 0.05) is 5.56 Å². The van der Waals surface area contributed by atoms with Crippen molar-refractivity contribution in [2.24, 2.45) is 0 Å². The third-order valence-electron chi connectivity index (χ3n) is 1.50. The standard InChI is InChI=1S/C10H16N.BrH/c1-11(2,3)9-10-7-5-4-6-8-10;/h4-8H,9H2,1-3H3;1H/q+1;/p-1. The summed E-state index contributed by atoms with van der Waals surface area (Å²) in [6.45, 7) is 1.10. The molecule has 1 nitrogen and oxygen atoms in total. The van der Waals surface area contributed by atoms with Crippen molar-refractivity contribution in [1.82, 2.24) is 0 Å². The summed E-state index contributed by atoms with van der Waals surface area (Å²) < 4.78 is 0.990. The monoisotopic (exact) mass is 229 g/mol. The Kier molecular flexibility index (Phi) is 4.50. The van der Waals surface area contributed by atoms with Crippen molar-refractivity contribution in [3.8, 4) is 0 Å². The first kappa shape index (κ1) is 11.7. The van der Waals surface area contributed by atoms with Gasteiger partial charge in [0.15, 0.2) is 0 Å². The second-order valence-electron chi connectivity index (χ2n) is 3.93. The minimum atomic E-state index is 0. The van der Waals surface area contributed by atoms with Gasteiger partial charge in [0.25, 0.3) is 0 Å². The first-order valence-electron chi connectivity index (χ1n) is 3.92.